The van der Waals surface area contributed by atoms with E-state index in [0.29, 0.717) is 0 Å². The molecular weight excluding hydrogens is 248 g/mol. The number of hydrogen-bond donors (Lipinski definition) is 2. The maximum atomic E-state index is 6.85. The molecule has 2 nitrogen and oxygen atoms in total. The van der Waals surface area contributed by atoms with Gasteiger partial charge in [0.25, 0.3) is 0 Å². The topological polar surface area (TPSA) is 49.9 Å². The van der Waals surface area contributed by atoms with Crippen molar-refractivity contribution in [2.75, 3.05) is 7.05 Å². The normalized spacial score (nSPS) is 8.54. The molecule has 0 saturated heterocycles. The van der Waals surface area contributed by atoms with Crippen molar-refractivity contribution in [1.29, 1.82) is 5.41 Å². The molecule has 0 aliphatic heterocycles. The monoisotopic (exact) mass is 260 g/mol. The van der Waals surface area contributed by atoms with E-state index >= 15 is 0 Å². The Kier molecular flexibility index (Phi) is 8.08. The van der Waals surface area contributed by atoms with E-state index in [-0.39, 0.29) is 0 Å². The predicted molar refractivity (Wildman–Crippen MR) is 64.3 cm³/mol. The van der Waals surface area contributed by atoms with Gasteiger partial charge in [-0.05, 0) is 18.7 Å². The maximum Gasteiger partial charge on any atom is 0.0509 e. The molecule has 0 unspecified atom stereocenters. The molecule has 1 aromatic carbocycles. The maximum absolute atomic E-state index is 6.85. The standard InChI is InChI=1S/C8H8BrNS.CH5N/c9-8-4-2-1-3-7(8)5-11-6-10;1-2/h1-4,6,10H,5H2;2H2,1H3. The first-order chi connectivity index (χ1) is 6.34. The van der Waals surface area contributed by atoms with Crippen LogP contribution in [0.25, 0.3) is 0 Å². The van der Waals surface area contributed by atoms with E-state index in [1.54, 1.807) is 0 Å². The second kappa shape index (κ2) is 8.29. The second-order valence-electron chi connectivity index (χ2n) is 2.02. The molecule has 0 heterocycles. The van der Waals surface area contributed by atoms with E-state index in [1.165, 1.54) is 29.9 Å². The summed E-state index contributed by atoms with van der Waals surface area (Å²) in [5, 5.41) is 6.85. The number of halogens is 1. The average molecular weight is 261 g/mol. The van der Waals surface area contributed by atoms with E-state index in [2.05, 4.69) is 27.7 Å². The number of thioether (sulfide) groups is 1. The molecule has 0 aliphatic carbocycles. The SMILES string of the molecule is CN.N=CSCc1ccccc1Br. The molecule has 0 bridgehead atoms. The average Bonchev–Trinajstić information content (AvgIpc) is 2.20. The second-order valence-corrected chi connectivity index (χ2v) is 3.73. The Hall–Kier alpha value is -0.320. The van der Waals surface area contributed by atoms with Crippen LogP contribution in [0.2, 0.25) is 0 Å². The highest BCUT2D eigenvalue weighted by atomic mass is 79.9. The van der Waals surface area contributed by atoms with Crippen LogP contribution in [0.3, 0.4) is 0 Å². The zero-order valence-corrected chi connectivity index (χ0v) is 9.86. The first-order valence-corrected chi connectivity index (χ1v) is 5.60. The number of hydrogen-bond acceptors (Lipinski definition) is 3. The van der Waals surface area contributed by atoms with Crippen molar-refractivity contribution < 1.29 is 0 Å². The lowest BCUT2D eigenvalue weighted by atomic mass is 10.2. The van der Waals surface area contributed by atoms with Gasteiger partial charge in [0.15, 0.2) is 0 Å². The number of nitrogens with one attached hydrogen (secondary N) is 1. The van der Waals surface area contributed by atoms with E-state index in [4.69, 9.17) is 5.41 Å². The van der Waals surface area contributed by atoms with Crippen LogP contribution in [0, 0.1) is 5.41 Å². The van der Waals surface area contributed by atoms with Crippen LogP contribution in [-0.4, -0.2) is 12.6 Å². The fourth-order valence-corrected chi connectivity index (χ4v) is 1.87. The highest BCUT2D eigenvalue weighted by Gasteiger charge is 1.95. The van der Waals surface area contributed by atoms with Gasteiger partial charge in [0.1, 0.15) is 0 Å². The Bertz CT molecular complexity index is 253. The van der Waals surface area contributed by atoms with Crippen LogP contribution in [0.15, 0.2) is 28.7 Å². The van der Waals surface area contributed by atoms with Gasteiger partial charge in [0, 0.05) is 10.2 Å². The summed E-state index contributed by atoms with van der Waals surface area (Å²) >= 11 is 4.93. The van der Waals surface area contributed by atoms with Crippen LogP contribution in [0.1, 0.15) is 5.56 Å². The van der Waals surface area contributed by atoms with Crippen LogP contribution in [-0.2, 0) is 5.75 Å². The molecule has 0 radical (unpaired) electrons. The van der Waals surface area contributed by atoms with E-state index in [1.807, 2.05) is 18.2 Å². The number of rotatable bonds is 3. The van der Waals surface area contributed by atoms with Crippen LogP contribution in [0.5, 0.6) is 0 Å². The zero-order valence-electron chi connectivity index (χ0n) is 7.46. The van der Waals surface area contributed by atoms with Gasteiger partial charge in [0.05, 0.1) is 5.55 Å². The smallest absolute Gasteiger partial charge is 0.0509 e. The Morgan fingerprint density at radius 3 is 2.62 bits per heavy atom. The Morgan fingerprint density at radius 2 is 2.08 bits per heavy atom. The third-order valence-corrected chi connectivity index (χ3v) is 2.70. The first-order valence-electron chi connectivity index (χ1n) is 3.76. The van der Waals surface area contributed by atoms with Crippen molar-refractivity contribution in [1.82, 2.24) is 0 Å². The van der Waals surface area contributed by atoms with Gasteiger partial charge in [-0.15, -0.1) is 11.8 Å². The van der Waals surface area contributed by atoms with Crippen LogP contribution in [0.4, 0.5) is 0 Å². The minimum Gasteiger partial charge on any atom is -0.333 e. The van der Waals surface area contributed by atoms with Crippen LogP contribution < -0.4 is 5.73 Å². The number of nitrogens with two attached hydrogens (primary N) is 1. The molecule has 0 atom stereocenters. The lowest BCUT2D eigenvalue weighted by molar-refractivity contribution is 1.39. The van der Waals surface area contributed by atoms with Crippen molar-refractivity contribution in [3.8, 4) is 0 Å². The van der Waals surface area contributed by atoms with Crippen molar-refractivity contribution >= 4 is 33.2 Å². The molecule has 0 aliphatic rings. The summed E-state index contributed by atoms with van der Waals surface area (Å²) in [6.07, 6.45) is 0. The molecule has 3 N–H and O–H groups in total. The summed E-state index contributed by atoms with van der Waals surface area (Å²) in [6.45, 7) is 0. The molecule has 0 spiro atoms. The number of benzene rings is 1. The summed E-state index contributed by atoms with van der Waals surface area (Å²) in [7, 11) is 1.50. The summed E-state index contributed by atoms with van der Waals surface area (Å²) in [4.78, 5) is 0. The molecule has 4 heteroatoms. The van der Waals surface area contributed by atoms with Gasteiger partial charge in [0.2, 0.25) is 0 Å². The highest BCUT2D eigenvalue weighted by molar-refractivity contribution is 9.10. The molecule has 72 valence electrons. The predicted octanol–water partition coefficient (Wildman–Crippen LogP) is 2.86. The lowest BCUT2D eigenvalue weighted by Gasteiger charge is -1.99. The minimum atomic E-state index is 0.866. The molecule has 1 rings (SSSR count). The largest absolute Gasteiger partial charge is 0.333 e. The molecule has 13 heavy (non-hydrogen) atoms. The Morgan fingerprint density at radius 1 is 1.46 bits per heavy atom. The Labute approximate surface area is 91.5 Å². The first kappa shape index (κ1) is 12.7. The summed E-state index contributed by atoms with van der Waals surface area (Å²) in [5.74, 6) is 0.866. The summed E-state index contributed by atoms with van der Waals surface area (Å²) < 4.78 is 1.12. The van der Waals surface area contributed by atoms with Gasteiger partial charge in [-0.3, -0.25) is 0 Å². The van der Waals surface area contributed by atoms with Gasteiger partial charge < -0.3 is 11.1 Å². The molecular formula is C9H13BrN2S. The van der Waals surface area contributed by atoms with Crippen molar-refractivity contribution in [2.45, 2.75) is 5.75 Å². The fourth-order valence-electron chi connectivity index (χ4n) is 0.747. The summed E-state index contributed by atoms with van der Waals surface area (Å²) in [6, 6.07) is 8.06. The minimum absolute atomic E-state index is 0.866. The van der Waals surface area contributed by atoms with Gasteiger partial charge in [-0.1, -0.05) is 34.1 Å². The van der Waals surface area contributed by atoms with E-state index < -0.39 is 0 Å². The van der Waals surface area contributed by atoms with Crippen molar-refractivity contribution in [3.63, 3.8) is 0 Å². The molecule has 0 saturated carbocycles. The third-order valence-electron chi connectivity index (χ3n) is 1.28. The van der Waals surface area contributed by atoms with E-state index in [9.17, 15) is 0 Å². The lowest BCUT2D eigenvalue weighted by Crippen LogP contribution is -1.80. The molecule has 0 amide bonds. The van der Waals surface area contributed by atoms with Crippen molar-refractivity contribution in [2.24, 2.45) is 5.73 Å². The van der Waals surface area contributed by atoms with Crippen molar-refractivity contribution in [3.05, 3.63) is 34.3 Å². The third kappa shape index (κ3) is 5.08. The molecule has 0 fully saturated rings. The highest BCUT2D eigenvalue weighted by Crippen LogP contribution is 2.19. The van der Waals surface area contributed by atoms with E-state index in [0.717, 1.165) is 10.2 Å². The Balaban J connectivity index is 0.000000671. The van der Waals surface area contributed by atoms with Crippen LogP contribution >= 0.6 is 27.7 Å². The van der Waals surface area contributed by atoms with Gasteiger partial charge in [-0.25, -0.2) is 0 Å². The molecule has 0 aromatic heterocycles. The summed E-state index contributed by atoms with van der Waals surface area (Å²) in [5.41, 5.74) is 7.10. The van der Waals surface area contributed by atoms with Gasteiger partial charge in [-0.2, -0.15) is 0 Å². The molecule has 1 aromatic rings. The zero-order chi connectivity index (χ0) is 10.1. The fraction of sp³-hybridized carbons (Fsp3) is 0.222. The quantitative estimate of drug-likeness (QED) is 0.649. The van der Waals surface area contributed by atoms with Gasteiger partial charge >= 0.3 is 0 Å².